The minimum absolute atomic E-state index is 0.0540. The highest BCUT2D eigenvalue weighted by atomic mass is 35.5. The first-order valence-electron chi connectivity index (χ1n) is 10.1. The fourth-order valence-electron chi connectivity index (χ4n) is 3.69. The van der Waals surface area contributed by atoms with E-state index in [4.69, 9.17) is 16.7 Å². The van der Waals surface area contributed by atoms with E-state index in [1.165, 1.54) is 12.1 Å². The lowest BCUT2D eigenvalue weighted by molar-refractivity contribution is -0.137. The number of amides is 1. The second-order valence-corrected chi connectivity index (χ2v) is 7.99. The van der Waals surface area contributed by atoms with E-state index in [1.54, 1.807) is 16.8 Å². The first-order chi connectivity index (χ1) is 15.4. The molecule has 0 unspecified atom stereocenters. The predicted octanol–water partition coefficient (Wildman–Crippen LogP) is 4.41. The molecular formula is C22H21ClFN5O3. The van der Waals surface area contributed by atoms with Crippen LogP contribution in [0.2, 0.25) is 5.02 Å². The third-order valence-electron chi connectivity index (χ3n) is 5.26. The number of fused-ring (bicyclic) bond motifs is 1. The van der Waals surface area contributed by atoms with E-state index in [0.29, 0.717) is 17.4 Å². The van der Waals surface area contributed by atoms with Gasteiger partial charge >= 0.3 is 5.97 Å². The molecule has 0 saturated heterocycles. The SMILES string of the molecule is O=C(O)CCCC(=O)Nc1nc2n(n1)[C@@H](c1ccc(F)cc1)C[C@@H](c1ccc(Cl)cc1)N2. The minimum atomic E-state index is -0.951. The van der Waals surface area contributed by atoms with Gasteiger partial charge in [-0.3, -0.25) is 14.9 Å². The van der Waals surface area contributed by atoms with Gasteiger partial charge in [0.05, 0.1) is 12.1 Å². The van der Waals surface area contributed by atoms with E-state index in [9.17, 15) is 14.0 Å². The van der Waals surface area contributed by atoms with Gasteiger partial charge in [0.1, 0.15) is 5.82 Å². The molecule has 3 N–H and O–H groups in total. The normalized spacial score (nSPS) is 17.3. The van der Waals surface area contributed by atoms with E-state index in [2.05, 4.69) is 20.7 Å². The largest absolute Gasteiger partial charge is 0.481 e. The zero-order valence-electron chi connectivity index (χ0n) is 17.0. The fourth-order valence-corrected chi connectivity index (χ4v) is 3.82. The summed E-state index contributed by atoms with van der Waals surface area (Å²) in [6.07, 6.45) is 0.815. The summed E-state index contributed by atoms with van der Waals surface area (Å²) < 4.78 is 15.2. The van der Waals surface area contributed by atoms with Crippen molar-refractivity contribution in [3.05, 3.63) is 70.5 Å². The lowest BCUT2D eigenvalue weighted by Crippen LogP contribution is -2.28. The van der Waals surface area contributed by atoms with Gasteiger partial charge < -0.3 is 10.4 Å². The van der Waals surface area contributed by atoms with Gasteiger partial charge in [-0.25, -0.2) is 9.07 Å². The number of hydrogen-bond donors (Lipinski definition) is 3. The van der Waals surface area contributed by atoms with Crippen LogP contribution in [0, 0.1) is 5.82 Å². The maximum Gasteiger partial charge on any atom is 0.303 e. The first-order valence-corrected chi connectivity index (χ1v) is 10.5. The maximum absolute atomic E-state index is 13.5. The average Bonchev–Trinajstić information content (AvgIpc) is 3.16. The summed E-state index contributed by atoms with van der Waals surface area (Å²) in [5.74, 6) is -1.05. The molecule has 8 nitrogen and oxygen atoms in total. The van der Waals surface area contributed by atoms with Crippen LogP contribution in [0.15, 0.2) is 48.5 Å². The second kappa shape index (κ2) is 9.35. The summed E-state index contributed by atoms with van der Waals surface area (Å²) in [4.78, 5) is 27.2. The number of carbonyl (C=O) groups is 2. The molecule has 0 radical (unpaired) electrons. The van der Waals surface area contributed by atoms with Crippen LogP contribution in [-0.2, 0) is 9.59 Å². The van der Waals surface area contributed by atoms with Crippen LogP contribution in [0.4, 0.5) is 16.3 Å². The van der Waals surface area contributed by atoms with Gasteiger partial charge in [0, 0.05) is 17.9 Å². The summed E-state index contributed by atoms with van der Waals surface area (Å²) in [6.45, 7) is 0. The van der Waals surface area contributed by atoms with E-state index in [-0.39, 0.29) is 49.0 Å². The molecule has 10 heteroatoms. The molecule has 0 fully saturated rings. The highest BCUT2D eigenvalue weighted by Crippen LogP contribution is 2.38. The Bertz CT molecular complexity index is 1120. The van der Waals surface area contributed by atoms with Crippen LogP contribution in [0.1, 0.15) is 48.9 Å². The Kier molecular flexibility index (Phi) is 6.36. The molecule has 166 valence electrons. The standard InChI is InChI=1S/C22H21ClFN5O3/c23-15-8-4-13(5-9-15)17-12-18(14-6-10-16(24)11-7-14)29-22(25-17)27-21(28-29)26-19(30)2-1-3-20(31)32/h4-11,17-18H,1-3,12H2,(H,31,32)(H2,25,26,27,28,30)/t17-,18+/m0/s1. The van der Waals surface area contributed by atoms with E-state index in [0.717, 1.165) is 11.1 Å². The van der Waals surface area contributed by atoms with Crippen molar-refractivity contribution in [2.24, 2.45) is 0 Å². The monoisotopic (exact) mass is 457 g/mol. The van der Waals surface area contributed by atoms with Gasteiger partial charge in [-0.05, 0) is 48.2 Å². The van der Waals surface area contributed by atoms with Crippen LogP contribution in [0.5, 0.6) is 0 Å². The van der Waals surface area contributed by atoms with E-state index in [1.807, 2.05) is 24.3 Å². The summed E-state index contributed by atoms with van der Waals surface area (Å²) in [5.41, 5.74) is 1.87. The molecule has 2 heterocycles. The number of nitrogens with one attached hydrogen (secondary N) is 2. The zero-order chi connectivity index (χ0) is 22.7. The third kappa shape index (κ3) is 5.05. The Morgan fingerprint density at radius 3 is 2.50 bits per heavy atom. The Hall–Kier alpha value is -3.46. The molecule has 0 bridgehead atoms. The summed E-state index contributed by atoms with van der Waals surface area (Å²) in [7, 11) is 0. The summed E-state index contributed by atoms with van der Waals surface area (Å²) in [6, 6.07) is 13.4. The number of hydrogen-bond acceptors (Lipinski definition) is 5. The molecule has 3 aromatic rings. The van der Waals surface area contributed by atoms with Crippen molar-refractivity contribution in [1.29, 1.82) is 0 Å². The molecule has 1 aromatic heterocycles. The molecule has 2 aromatic carbocycles. The lowest BCUT2D eigenvalue weighted by Gasteiger charge is -2.31. The van der Waals surface area contributed by atoms with Crippen molar-refractivity contribution in [1.82, 2.24) is 14.8 Å². The van der Waals surface area contributed by atoms with Crippen LogP contribution in [-0.4, -0.2) is 31.7 Å². The summed E-state index contributed by atoms with van der Waals surface area (Å²) >= 11 is 6.02. The molecule has 1 aliphatic rings. The molecule has 4 rings (SSSR count). The number of rotatable bonds is 7. The third-order valence-corrected chi connectivity index (χ3v) is 5.51. The van der Waals surface area contributed by atoms with Crippen molar-refractivity contribution in [2.45, 2.75) is 37.8 Å². The number of carboxylic acids is 1. The van der Waals surface area contributed by atoms with Crippen LogP contribution in [0.25, 0.3) is 0 Å². The number of aromatic nitrogens is 3. The van der Waals surface area contributed by atoms with Gasteiger partial charge in [0.15, 0.2) is 0 Å². The number of halogens is 2. The topological polar surface area (TPSA) is 109 Å². The van der Waals surface area contributed by atoms with Crippen LogP contribution < -0.4 is 10.6 Å². The number of anilines is 2. The Morgan fingerprint density at radius 2 is 1.81 bits per heavy atom. The zero-order valence-corrected chi connectivity index (χ0v) is 17.7. The van der Waals surface area contributed by atoms with Gasteiger partial charge in [0.25, 0.3) is 5.95 Å². The molecule has 0 spiro atoms. The Balaban J connectivity index is 1.59. The second-order valence-electron chi connectivity index (χ2n) is 7.55. The molecular weight excluding hydrogens is 437 g/mol. The Morgan fingerprint density at radius 1 is 1.12 bits per heavy atom. The predicted molar refractivity (Wildman–Crippen MR) is 117 cm³/mol. The fraction of sp³-hybridized carbons (Fsp3) is 0.273. The van der Waals surface area contributed by atoms with Gasteiger partial charge in [-0.15, -0.1) is 5.10 Å². The van der Waals surface area contributed by atoms with Crippen LogP contribution >= 0.6 is 11.6 Å². The minimum Gasteiger partial charge on any atom is -0.481 e. The number of carbonyl (C=O) groups excluding carboxylic acids is 1. The maximum atomic E-state index is 13.5. The number of aliphatic carboxylic acids is 1. The molecule has 0 saturated carbocycles. The van der Waals surface area contributed by atoms with Gasteiger partial charge in [-0.2, -0.15) is 4.98 Å². The van der Waals surface area contributed by atoms with Crippen molar-refractivity contribution in [3.8, 4) is 0 Å². The smallest absolute Gasteiger partial charge is 0.303 e. The first kappa shape index (κ1) is 21.8. The lowest BCUT2D eigenvalue weighted by atomic mass is 9.93. The van der Waals surface area contributed by atoms with Gasteiger partial charge in [-0.1, -0.05) is 35.9 Å². The molecule has 1 aliphatic heterocycles. The summed E-state index contributed by atoms with van der Waals surface area (Å²) in [5, 5.41) is 19.8. The van der Waals surface area contributed by atoms with Crippen molar-refractivity contribution in [3.63, 3.8) is 0 Å². The number of benzene rings is 2. The van der Waals surface area contributed by atoms with Crippen LogP contribution in [0.3, 0.4) is 0 Å². The quantitative estimate of drug-likeness (QED) is 0.485. The number of nitrogens with zero attached hydrogens (tertiary/aromatic N) is 3. The Labute approximate surface area is 188 Å². The highest BCUT2D eigenvalue weighted by Gasteiger charge is 2.31. The number of carboxylic acid groups (broad SMARTS) is 1. The molecule has 1 amide bonds. The molecule has 0 aliphatic carbocycles. The molecule has 2 atom stereocenters. The highest BCUT2D eigenvalue weighted by molar-refractivity contribution is 6.30. The van der Waals surface area contributed by atoms with Crippen molar-refractivity contribution in [2.75, 3.05) is 10.6 Å². The van der Waals surface area contributed by atoms with E-state index >= 15 is 0 Å². The van der Waals surface area contributed by atoms with Gasteiger partial charge in [0.2, 0.25) is 11.9 Å². The van der Waals surface area contributed by atoms with Crippen molar-refractivity contribution >= 4 is 35.4 Å². The molecule has 32 heavy (non-hydrogen) atoms. The van der Waals surface area contributed by atoms with Crippen molar-refractivity contribution < 1.29 is 19.1 Å². The van der Waals surface area contributed by atoms with E-state index < -0.39 is 5.97 Å². The average molecular weight is 458 g/mol.